The summed E-state index contributed by atoms with van der Waals surface area (Å²) < 4.78 is 12.6. The predicted octanol–water partition coefficient (Wildman–Crippen LogP) is 2.42. The van der Waals surface area contributed by atoms with E-state index in [0.717, 1.165) is 12.1 Å². The van der Waals surface area contributed by atoms with Crippen molar-refractivity contribution in [3.05, 3.63) is 29.8 Å². The van der Waals surface area contributed by atoms with Gasteiger partial charge in [0.25, 0.3) is 0 Å². The average Bonchev–Trinajstić information content (AvgIpc) is 3.00. The van der Waals surface area contributed by atoms with Crippen molar-refractivity contribution in [1.29, 1.82) is 0 Å². The average molecular weight is 194 g/mol. The molecule has 1 aliphatic rings. The van der Waals surface area contributed by atoms with E-state index in [9.17, 15) is 4.39 Å². The molecule has 1 fully saturated rings. The van der Waals surface area contributed by atoms with Gasteiger partial charge < -0.3 is 5.32 Å². The van der Waals surface area contributed by atoms with E-state index in [-0.39, 0.29) is 11.9 Å². The Morgan fingerprint density at radius 1 is 1.57 bits per heavy atom. The van der Waals surface area contributed by atoms with Crippen LogP contribution >= 0.6 is 0 Å². The Kier molecular flexibility index (Phi) is 2.77. The summed E-state index contributed by atoms with van der Waals surface area (Å²) in [5.41, 5.74) is 0.945. The van der Waals surface area contributed by atoms with E-state index in [1.807, 2.05) is 0 Å². The first kappa shape index (κ1) is 9.59. The van der Waals surface area contributed by atoms with Gasteiger partial charge in [0.1, 0.15) is 5.82 Å². The van der Waals surface area contributed by atoms with Crippen molar-refractivity contribution in [3.8, 4) is 0 Å². The molecule has 1 unspecified atom stereocenters. The van der Waals surface area contributed by atoms with Crippen molar-refractivity contribution in [2.24, 2.45) is 0 Å². The van der Waals surface area contributed by atoms with Crippen LogP contribution in [0.2, 0.25) is 0 Å². The smallest absolute Gasteiger partial charge is 0.141 e. The molecule has 1 aromatic heterocycles. The number of aromatic nitrogens is 1. The lowest BCUT2D eigenvalue weighted by atomic mass is 10.1. The summed E-state index contributed by atoms with van der Waals surface area (Å²) in [5.74, 6) is -0.268. The molecule has 14 heavy (non-hydrogen) atoms. The zero-order chi connectivity index (χ0) is 9.97. The number of hydrogen-bond acceptors (Lipinski definition) is 2. The van der Waals surface area contributed by atoms with Gasteiger partial charge in [0.05, 0.1) is 11.9 Å². The Bertz CT molecular complexity index is 293. The van der Waals surface area contributed by atoms with Crippen LogP contribution < -0.4 is 5.32 Å². The topological polar surface area (TPSA) is 24.9 Å². The lowest BCUT2D eigenvalue weighted by molar-refractivity contribution is 0.502. The van der Waals surface area contributed by atoms with E-state index in [0.29, 0.717) is 6.04 Å². The first-order valence-corrected chi connectivity index (χ1v) is 5.17. The molecular formula is C11H15FN2. The zero-order valence-electron chi connectivity index (χ0n) is 8.33. The van der Waals surface area contributed by atoms with Crippen LogP contribution in [0, 0.1) is 5.82 Å². The third-order valence-electron chi connectivity index (χ3n) is 2.53. The van der Waals surface area contributed by atoms with Crippen LogP contribution in [-0.4, -0.2) is 11.0 Å². The van der Waals surface area contributed by atoms with E-state index in [1.54, 1.807) is 6.07 Å². The normalized spacial score (nSPS) is 18.1. The van der Waals surface area contributed by atoms with Crippen molar-refractivity contribution >= 4 is 0 Å². The highest BCUT2D eigenvalue weighted by Gasteiger charge is 2.24. The van der Waals surface area contributed by atoms with Gasteiger partial charge in [-0.15, -0.1) is 0 Å². The second-order valence-electron chi connectivity index (χ2n) is 3.80. The highest BCUT2D eigenvalue weighted by molar-refractivity contribution is 5.10. The molecule has 2 rings (SSSR count). The molecule has 0 aliphatic heterocycles. The highest BCUT2D eigenvalue weighted by Crippen LogP contribution is 2.24. The minimum Gasteiger partial charge on any atom is -0.306 e. The third kappa shape index (κ3) is 2.29. The Morgan fingerprint density at radius 2 is 2.36 bits per heavy atom. The molecule has 0 radical (unpaired) electrons. The minimum absolute atomic E-state index is 0.268. The van der Waals surface area contributed by atoms with Crippen LogP contribution in [0.5, 0.6) is 0 Å². The lowest BCUT2D eigenvalue weighted by Gasteiger charge is -2.15. The summed E-state index contributed by atoms with van der Waals surface area (Å²) in [6, 6.07) is 4.17. The molecule has 76 valence electrons. The summed E-state index contributed by atoms with van der Waals surface area (Å²) in [5, 5.41) is 3.49. The van der Waals surface area contributed by atoms with Crippen LogP contribution in [0.15, 0.2) is 18.3 Å². The maximum atomic E-state index is 12.6. The van der Waals surface area contributed by atoms with Crippen molar-refractivity contribution in [1.82, 2.24) is 10.3 Å². The minimum atomic E-state index is -0.268. The van der Waals surface area contributed by atoms with Gasteiger partial charge in [0.2, 0.25) is 0 Å². The molecule has 0 amide bonds. The monoisotopic (exact) mass is 194 g/mol. The van der Waals surface area contributed by atoms with Crippen LogP contribution in [0.3, 0.4) is 0 Å². The quantitative estimate of drug-likeness (QED) is 0.796. The molecule has 0 aromatic carbocycles. The van der Waals surface area contributed by atoms with Crippen LogP contribution in [0.25, 0.3) is 0 Å². The molecule has 1 aromatic rings. The number of nitrogens with one attached hydrogen (secondary N) is 1. The number of halogens is 1. The van der Waals surface area contributed by atoms with Crippen LogP contribution in [0.4, 0.5) is 4.39 Å². The van der Waals surface area contributed by atoms with Gasteiger partial charge in [-0.1, -0.05) is 6.92 Å². The van der Waals surface area contributed by atoms with Crippen molar-refractivity contribution in [2.45, 2.75) is 38.3 Å². The Balaban J connectivity index is 2.05. The molecule has 1 aliphatic carbocycles. The molecule has 1 heterocycles. The molecule has 2 nitrogen and oxygen atoms in total. The van der Waals surface area contributed by atoms with Gasteiger partial charge in [-0.05, 0) is 31.4 Å². The van der Waals surface area contributed by atoms with Crippen molar-refractivity contribution in [3.63, 3.8) is 0 Å². The predicted molar refractivity (Wildman–Crippen MR) is 53.4 cm³/mol. The zero-order valence-corrected chi connectivity index (χ0v) is 8.33. The molecular weight excluding hydrogens is 179 g/mol. The molecule has 3 heteroatoms. The second-order valence-corrected chi connectivity index (χ2v) is 3.80. The van der Waals surface area contributed by atoms with Crippen LogP contribution in [0.1, 0.15) is 37.9 Å². The second kappa shape index (κ2) is 4.05. The standard InChI is InChI=1S/C11H15FN2/c1-2-10(14-9-4-5-9)11-6-3-8(12)7-13-11/h3,6-7,9-10,14H,2,4-5H2,1H3. The molecule has 1 N–H and O–H groups in total. The van der Waals surface area contributed by atoms with Gasteiger partial charge in [0.15, 0.2) is 0 Å². The molecule has 0 spiro atoms. The summed E-state index contributed by atoms with van der Waals surface area (Å²) in [7, 11) is 0. The van der Waals surface area contributed by atoms with Crippen LogP contribution in [-0.2, 0) is 0 Å². The molecule has 1 atom stereocenters. The molecule has 1 saturated carbocycles. The molecule has 0 bridgehead atoms. The van der Waals surface area contributed by atoms with E-state index in [4.69, 9.17) is 0 Å². The number of nitrogens with zero attached hydrogens (tertiary/aromatic N) is 1. The summed E-state index contributed by atoms with van der Waals surface area (Å²) in [6.45, 7) is 2.12. The summed E-state index contributed by atoms with van der Waals surface area (Å²) in [6.07, 6.45) is 4.80. The van der Waals surface area contributed by atoms with E-state index in [2.05, 4.69) is 17.2 Å². The highest BCUT2D eigenvalue weighted by atomic mass is 19.1. The fourth-order valence-corrected chi connectivity index (χ4v) is 1.54. The van der Waals surface area contributed by atoms with Gasteiger partial charge in [-0.25, -0.2) is 4.39 Å². The van der Waals surface area contributed by atoms with Gasteiger partial charge in [-0.2, -0.15) is 0 Å². The Hall–Kier alpha value is -0.960. The number of pyridine rings is 1. The first-order chi connectivity index (χ1) is 6.79. The lowest BCUT2D eigenvalue weighted by Crippen LogP contribution is -2.23. The number of hydrogen-bond donors (Lipinski definition) is 1. The van der Waals surface area contributed by atoms with Gasteiger partial charge in [0, 0.05) is 12.1 Å². The fraction of sp³-hybridized carbons (Fsp3) is 0.545. The first-order valence-electron chi connectivity index (χ1n) is 5.17. The van der Waals surface area contributed by atoms with Gasteiger partial charge >= 0.3 is 0 Å². The SMILES string of the molecule is CCC(NC1CC1)c1ccc(F)cn1. The molecule has 0 saturated heterocycles. The van der Waals surface area contributed by atoms with E-state index >= 15 is 0 Å². The van der Waals surface area contributed by atoms with E-state index < -0.39 is 0 Å². The van der Waals surface area contributed by atoms with Gasteiger partial charge in [-0.3, -0.25) is 4.98 Å². The summed E-state index contributed by atoms with van der Waals surface area (Å²) >= 11 is 0. The van der Waals surface area contributed by atoms with Crippen molar-refractivity contribution in [2.75, 3.05) is 0 Å². The largest absolute Gasteiger partial charge is 0.306 e. The fourth-order valence-electron chi connectivity index (χ4n) is 1.54. The maximum absolute atomic E-state index is 12.6. The number of rotatable bonds is 4. The Labute approximate surface area is 83.6 Å². The Morgan fingerprint density at radius 3 is 2.86 bits per heavy atom. The third-order valence-corrected chi connectivity index (χ3v) is 2.53. The maximum Gasteiger partial charge on any atom is 0.141 e. The summed E-state index contributed by atoms with van der Waals surface area (Å²) in [4.78, 5) is 4.09. The van der Waals surface area contributed by atoms with Crippen molar-refractivity contribution < 1.29 is 4.39 Å². The van der Waals surface area contributed by atoms with E-state index in [1.165, 1.54) is 25.1 Å².